The molecule has 6 nitrogen and oxygen atoms in total. The molecule has 0 bridgehead atoms. The number of aromatic nitrogens is 2. The maximum atomic E-state index is 12.3. The molecule has 0 spiro atoms. The van der Waals surface area contributed by atoms with Gasteiger partial charge in [-0.25, -0.2) is 0 Å². The van der Waals surface area contributed by atoms with Crippen molar-refractivity contribution < 1.29 is 9.53 Å². The summed E-state index contributed by atoms with van der Waals surface area (Å²) in [6.45, 7) is 3.33. The molecule has 0 saturated carbocycles. The van der Waals surface area contributed by atoms with Gasteiger partial charge in [0.05, 0.1) is 12.9 Å². The van der Waals surface area contributed by atoms with Crippen LogP contribution in [0.5, 0.6) is 5.75 Å². The minimum atomic E-state index is 0.0427. The first-order valence-corrected chi connectivity index (χ1v) is 9.00. The number of nitrogens with one attached hydrogen (secondary N) is 1. The van der Waals surface area contributed by atoms with Crippen LogP contribution in [0, 0.1) is 0 Å². The fourth-order valence-corrected chi connectivity index (χ4v) is 3.66. The van der Waals surface area contributed by atoms with Gasteiger partial charge in [0, 0.05) is 25.7 Å². The Balaban J connectivity index is 1.87. The minimum Gasteiger partial charge on any atom is -0.496 e. The number of methoxy groups -OCH3 is 1. The average Bonchev–Trinajstić information content (AvgIpc) is 3.01. The Hall–Kier alpha value is -1.80. The molecule has 8 heteroatoms. The van der Waals surface area contributed by atoms with Crippen LogP contribution < -0.4 is 10.1 Å². The van der Waals surface area contributed by atoms with Crippen molar-refractivity contribution in [3.8, 4) is 5.75 Å². The number of thioether (sulfide) groups is 1. The molecule has 1 heterocycles. The molecule has 23 heavy (non-hydrogen) atoms. The third-order valence-electron chi connectivity index (χ3n) is 3.08. The van der Waals surface area contributed by atoms with Crippen LogP contribution >= 0.6 is 23.1 Å². The van der Waals surface area contributed by atoms with Crippen molar-refractivity contribution in [2.45, 2.75) is 17.8 Å². The predicted molar refractivity (Wildman–Crippen MR) is 94.3 cm³/mol. The van der Waals surface area contributed by atoms with E-state index in [1.807, 2.05) is 31.2 Å². The van der Waals surface area contributed by atoms with Crippen LogP contribution in [-0.4, -0.2) is 47.5 Å². The molecule has 0 aliphatic carbocycles. The molecule has 0 radical (unpaired) electrons. The zero-order valence-corrected chi connectivity index (χ0v) is 15.0. The van der Waals surface area contributed by atoms with Crippen LogP contribution in [0.3, 0.4) is 0 Å². The Bertz CT molecular complexity index is 648. The van der Waals surface area contributed by atoms with Crippen LogP contribution in [0.2, 0.25) is 0 Å². The first-order valence-electron chi connectivity index (χ1n) is 7.20. The van der Waals surface area contributed by atoms with Crippen molar-refractivity contribution in [1.82, 2.24) is 15.1 Å². The maximum absolute atomic E-state index is 12.3. The fraction of sp³-hybridized carbons (Fsp3) is 0.400. The van der Waals surface area contributed by atoms with Crippen molar-refractivity contribution in [1.29, 1.82) is 0 Å². The first-order chi connectivity index (χ1) is 11.1. The summed E-state index contributed by atoms with van der Waals surface area (Å²) in [4.78, 5) is 13.9. The third kappa shape index (κ3) is 5.11. The molecule has 1 aromatic heterocycles. The lowest BCUT2D eigenvalue weighted by molar-refractivity contribution is -0.127. The van der Waals surface area contributed by atoms with Crippen LogP contribution in [0.15, 0.2) is 28.6 Å². The van der Waals surface area contributed by atoms with Gasteiger partial charge in [-0.2, -0.15) is 0 Å². The smallest absolute Gasteiger partial charge is 0.233 e. The van der Waals surface area contributed by atoms with E-state index in [4.69, 9.17) is 4.74 Å². The molecule has 0 aliphatic rings. The molecule has 2 aromatic rings. The number of rotatable bonds is 8. The van der Waals surface area contributed by atoms with Crippen LogP contribution in [0.1, 0.15) is 12.5 Å². The maximum Gasteiger partial charge on any atom is 0.233 e. The summed E-state index contributed by atoms with van der Waals surface area (Å²) in [7, 11) is 3.42. The number of hydrogen-bond acceptors (Lipinski definition) is 7. The lowest BCUT2D eigenvalue weighted by Crippen LogP contribution is -2.27. The molecule has 0 fully saturated rings. The number of para-hydroxylation sites is 1. The van der Waals surface area contributed by atoms with E-state index in [1.165, 1.54) is 23.1 Å². The largest absolute Gasteiger partial charge is 0.496 e. The standard InChI is InChI=1S/C15H20N4O2S2/c1-4-16-14-17-18-15(23-14)22-10-13(20)19(2)9-11-7-5-6-8-12(11)21-3/h5-8H,4,9-10H2,1-3H3,(H,16,17). The van der Waals surface area contributed by atoms with Crippen LogP contribution in [0.25, 0.3) is 0 Å². The second-order valence-electron chi connectivity index (χ2n) is 4.75. The Labute approximate surface area is 144 Å². The summed E-state index contributed by atoms with van der Waals surface area (Å²) in [6, 6.07) is 7.71. The van der Waals surface area contributed by atoms with E-state index < -0.39 is 0 Å². The number of amides is 1. The second kappa shape index (κ2) is 8.73. The van der Waals surface area contributed by atoms with Crippen LogP contribution in [0.4, 0.5) is 5.13 Å². The third-order valence-corrected chi connectivity index (χ3v) is 5.08. The van der Waals surface area contributed by atoms with E-state index in [-0.39, 0.29) is 5.91 Å². The van der Waals surface area contributed by atoms with Gasteiger partial charge in [-0.3, -0.25) is 4.79 Å². The van der Waals surface area contributed by atoms with Gasteiger partial charge in [0.15, 0.2) is 4.34 Å². The quantitative estimate of drug-likeness (QED) is 0.737. The van der Waals surface area contributed by atoms with Gasteiger partial charge in [0.1, 0.15) is 5.75 Å². The topological polar surface area (TPSA) is 67.4 Å². The first kappa shape index (κ1) is 17.6. The summed E-state index contributed by atoms with van der Waals surface area (Å²) < 4.78 is 6.11. The molecule has 124 valence electrons. The van der Waals surface area contributed by atoms with Crippen LogP contribution in [-0.2, 0) is 11.3 Å². The van der Waals surface area contributed by atoms with Crippen molar-refractivity contribution in [2.24, 2.45) is 0 Å². The number of carbonyl (C=O) groups is 1. The van der Waals surface area contributed by atoms with Gasteiger partial charge in [0.2, 0.25) is 11.0 Å². The highest BCUT2D eigenvalue weighted by Crippen LogP contribution is 2.26. The highest BCUT2D eigenvalue weighted by atomic mass is 32.2. The number of benzene rings is 1. The lowest BCUT2D eigenvalue weighted by atomic mass is 10.2. The van der Waals surface area contributed by atoms with Gasteiger partial charge in [-0.1, -0.05) is 41.3 Å². The predicted octanol–water partition coefficient (Wildman–Crippen LogP) is 2.73. The van der Waals surface area contributed by atoms with Gasteiger partial charge in [-0.15, -0.1) is 10.2 Å². The van der Waals surface area contributed by atoms with Crippen molar-refractivity contribution in [3.63, 3.8) is 0 Å². The summed E-state index contributed by atoms with van der Waals surface area (Å²) in [5.41, 5.74) is 0.987. The Morgan fingerprint density at radius 1 is 1.39 bits per heavy atom. The fourth-order valence-electron chi connectivity index (χ4n) is 1.90. The number of nitrogens with zero attached hydrogens (tertiary/aromatic N) is 3. The number of ether oxygens (including phenoxy) is 1. The summed E-state index contributed by atoms with van der Waals surface area (Å²) in [5, 5.41) is 12.0. The summed E-state index contributed by atoms with van der Waals surface area (Å²) in [5.74, 6) is 1.17. The summed E-state index contributed by atoms with van der Waals surface area (Å²) in [6.07, 6.45) is 0. The van der Waals surface area contributed by atoms with Gasteiger partial charge in [0.25, 0.3) is 0 Å². The van der Waals surface area contributed by atoms with E-state index in [9.17, 15) is 4.79 Å². The molecule has 1 amide bonds. The van der Waals surface area contributed by atoms with E-state index in [1.54, 1.807) is 19.1 Å². The number of carbonyl (C=O) groups excluding carboxylic acids is 1. The van der Waals surface area contributed by atoms with E-state index in [0.717, 1.165) is 27.3 Å². The number of anilines is 1. The second-order valence-corrected chi connectivity index (χ2v) is 6.95. The van der Waals surface area contributed by atoms with E-state index >= 15 is 0 Å². The lowest BCUT2D eigenvalue weighted by Gasteiger charge is -2.18. The molecular formula is C15H20N4O2S2. The van der Waals surface area contributed by atoms with Gasteiger partial charge < -0.3 is 15.0 Å². The monoisotopic (exact) mass is 352 g/mol. The molecule has 0 saturated heterocycles. The van der Waals surface area contributed by atoms with Crippen molar-refractivity contribution in [2.75, 3.05) is 31.8 Å². The zero-order chi connectivity index (χ0) is 16.7. The normalized spacial score (nSPS) is 10.4. The average molecular weight is 352 g/mol. The Morgan fingerprint density at radius 2 is 2.17 bits per heavy atom. The summed E-state index contributed by atoms with van der Waals surface area (Å²) >= 11 is 2.87. The SMILES string of the molecule is CCNc1nnc(SCC(=O)N(C)Cc2ccccc2OC)s1. The Morgan fingerprint density at radius 3 is 2.91 bits per heavy atom. The molecule has 1 aromatic carbocycles. The van der Waals surface area contributed by atoms with Gasteiger partial charge in [-0.05, 0) is 13.0 Å². The number of hydrogen-bond donors (Lipinski definition) is 1. The van der Waals surface area contributed by atoms with E-state index in [2.05, 4.69) is 15.5 Å². The molecule has 2 rings (SSSR count). The molecule has 1 N–H and O–H groups in total. The molecular weight excluding hydrogens is 332 g/mol. The Kier molecular flexibility index (Phi) is 6.66. The van der Waals surface area contributed by atoms with Crippen molar-refractivity contribution in [3.05, 3.63) is 29.8 Å². The zero-order valence-electron chi connectivity index (χ0n) is 13.4. The van der Waals surface area contributed by atoms with Gasteiger partial charge >= 0.3 is 0 Å². The highest BCUT2D eigenvalue weighted by molar-refractivity contribution is 8.01. The highest BCUT2D eigenvalue weighted by Gasteiger charge is 2.13. The molecule has 0 aliphatic heterocycles. The molecule has 0 atom stereocenters. The van der Waals surface area contributed by atoms with Crippen molar-refractivity contribution >= 4 is 34.1 Å². The minimum absolute atomic E-state index is 0.0427. The molecule has 0 unspecified atom stereocenters. The van der Waals surface area contributed by atoms with E-state index in [0.29, 0.717) is 12.3 Å².